The van der Waals surface area contributed by atoms with Gasteiger partial charge in [0.2, 0.25) is 0 Å². The third-order valence-corrected chi connectivity index (χ3v) is 3.89. The van der Waals surface area contributed by atoms with Gasteiger partial charge in [0.1, 0.15) is 0 Å². The molecular formula is C17H27NO3. The van der Waals surface area contributed by atoms with Crippen LogP contribution in [0.2, 0.25) is 0 Å². The maximum absolute atomic E-state index is 9.36. The van der Waals surface area contributed by atoms with Crippen molar-refractivity contribution in [1.82, 2.24) is 4.90 Å². The molecular weight excluding hydrogens is 266 g/mol. The van der Waals surface area contributed by atoms with Crippen molar-refractivity contribution in [2.24, 2.45) is 5.92 Å². The van der Waals surface area contributed by atoms with E-state index in [1.165, 1.54) is 0 Å². The summed E-state index contributed by atoms with van der Waals surface area (Å²) < 4.78 is 11.4. The Kier molecular flexibility index (Phi) is 5.88. The topological polar surface area (TPSA) is 41.9 Å². The molecule has 2 rings (SSSR count). The normalized spacial score (nSPS) is 19.8. The minimum absolute atomic E-state index is 0.117. The minimum Gasteiger partial charge on any atom is -0.493 e. The predicted octanol–water partition coefficient (Wildman–Crippen LogP) is 2.69. The fourth-order valence-electron chi connectivity index (χ4n) is 2.90. The summed E-state index contributed by atoms with van der Waals surface area (Å²) in [6, 6.07) is 6.05. The number of methoxy groups -OCH3 is 1. The number of likely N-dealkylation sites (tertiary alicyclic amines) is 1. The van der Waals surface area contributed by atoms with Crippen LogP contribution >= 0.6 is 0 Å². The molecule has 1 fully saturated rings. The van der Waals surface area contributed by atoms with E-state index in [-0.39, 0.29) is 12.7 Å². The number of benzene rings is 1. The number of piperidine rings is 1. The van der Waals surface area contributed by atoms with Gasteiger partial charge in [-0.05, 0) is 45.2 Å². The van der Waals surface area contributed by atoms with Crippen LogP contribution in [0.1, 0.15) is 32.3 Å². The van der Waals surface area contributed by atoms with Crippen LogP contribution in [0.3, 0.4) is 0 Å². The van der Waals surface area contributed by atoms with Gasteiger partial charge in [-0.15, -0.1) is 0 Å². The fraction of sp³-hybridized carbons (Fsp3) is 0.647. The van der Waals surface area contributed by atoms with E-state index in [1.54, 1.807) is 7.11 Å². The Hall–Kier alpha value is -1.26. The molecule has 1 aromatic rings. The van der Waals surface area contributed by atoms with Crippen LogP contribution in [-0.4, -0.2) is 42.9 Å². The second-order valence-electron chi connectivity index (χ2n) is 6.04. The second-order valence-corrected chi connectivity index (χ2v) is 6.04. The number of hydrogen-bond donors (Lipinski definition) is 1. The first-order chi connectivity index (χ1) is 10.1. The number of ether oxygens (including phenoxy) is 2. The van der Waals surface area contributed by atoms with Gasteiger partial charge in [-0.2, -0.15) is 0 Å². The average Bonchev–Trinajstić information content (AvgIpc) is 2.48. The van der Waals surface area contributed by atoms with Crippen LogP contribution in [0.25, 0.3) is 0 Å². The first-order valence-electron chi connectivity index (χ1n) is 7.79. The van der Waals surface area contributed by atoms with Gasteiger partial charge in [0.25, 0.3) is 0 Å². The molecule has 0 bridgehead atoms. The van der Waals surface area contributed by atoms with E-state index < -0.39 is 0 Å². The number of aliphatic hydroxyl groups is 1. The molecule has 0 radical (unpaired) electrons. The third kappa shape index (κ3) is 4.35. The van der Waals surface area contributed by atoms with Crippen LogP contribution in [0.5, 0.6) is 11.5 Å². The summed E-state index contributed by atoms with van der Waals surface area (Å²) in [5.41, 5.74) is 1.15. The average molecular weight is 293 g/mol. The van der Waals surface area contributed by atoms with Crippen LogP contribution in [0.15, 0.2) is 18.2 Å². The van der Waals surface area contributed by atoms with Crippen molar-refractivity contribution in [1.29, 1.82) is 0 Å². The van der Waals surface area contributed by atoms with Crippen molar-refractivity contribution >= 4 is 0 Å². The van der Waals surface area contributed by atoms with Gasteiger partial charge in [-0.3, -0.25) is 4.90 Å². The monoisotopic (exact) mass is 293 g/mol. The zero-order valence-corrected chi connectivity index (χ0v) is 13.3. The summed E-state index contributed by atoms with van der Waals surface area (Å²) >= 11 is 0. The molecule has 0 aliphatic carbocycles. The Labute approximate surface area is 127 Å². The molecule has 1 saturated heterocycles. The summed E-state index contributed by atoms with van der Waals surface area (Å²) in [4.78, 5) is 2.40. The van der Waals surface area contributed by atoms with E-state index in [0.29, 0.717) is 5.92 Å². The first-order valence-corrected chi connectivity index (χ1v) is 7.79. The maximum Gasteiger partial charge on any atom is 0.166 e. The van der Waals surface area contributed by atoms with Crippen LogP contribution < -0.4 is 9.47 Å². The molecule has 118 valence electrons. The molecule has 1 unspecified atom stereocenters. The summed E-state index contributed by atoms with van der Waals surface area (Å²) in [7, 11) is 1.68. The SMILES string of the molecule is COc1cccc(CN2CCCC(CO)C2)c1OC(C)C. The molecule has 1 N–H and O–H groups in total. The highest BCUT2D eigenvalue weighted by atomic mass is 16.5. The van der Waals surface area contributed by atoms with Crippen molar-refractivity contribution in [3.05, 3.63) is 23.8 Å². The molecule has 4 heteroatoms. The maximum atomic E-state index is 9.36. The van der Waals surface area contributed by atoms with E-state index in [0.717, 1.165) is 49.5 Å². The molecule has 4 nitrogen and oxygen atoms in total. The highest BCUT2D eigenvalue weighted by molar-refractivity contribution is 5.46. The van der Waals surface area contributed by atoms with Crippen LogP contribution in [0, 0.1) is 5.92 Å². The Morgan fingerprint density at radius 2 is 2.19 bits per heavy atom. The molecule has 1 aliphatic heterocycles. The highest BCUT2D eigenvalue weighted by Gasteiger charge is 2.21. The summed E-state index contributed by atoms with van der Waals surface area (Å²) in [6.45, 7) is 7.21. The quantitative estimate of drug-likeness (QED) is 0.875. The lowest BCUT2D eigenvalue weighted by Gasteiger charge is -2.32. The van der Waals surface area contributed by atoms with Gasteiger partial charge in [0.05, 0.1) is 13.2 Å². The van der Waals surface area contributed by atoms with E-state index in [9.17, 15) is 5.11 Å². The summed E-state index contributed by atoms with van der Waals surface area (Å²) in [6.07, 6.45) is 2.39. The van der Waals surface area contributed by atoms with Crippen molar-refractivity contribution in [3.8, 4) is 11.5 Å². The van der Waals surface area contributed by atoms with Gasteiger partial charge in [-0.1, -0.05) is 12.1 Å². The lowest BCUT2D eigenvalue weighted by molar-refractivity contribution is 0.114. The lowest BCUT2D eigenvalue weighted by atomic mass is 9.98. The smallest absolute Gasteiger partial charge is 0.166 e. The number of hydrogen-bond acceptors (Lipinski definition) is 4. The van der Waals surface area contributed by atoms with Crippen molar-refractivity contribution < 1.29 is 14.6 Å². The van der Waals surface area contributed by atoms with Gasteiger partial charge in [0.15, 0.2) is 11.5 Å². The Balaban J connectivity index is 2.14. The zero-order chi connectivity index (χ0) is 15.2. The van der Waals surface area contributed by atoms with Crippen molar-refractivity contribution in [3.63, 3.8) is 0 Å². The fourth-order valence-corrected chi connectivity index (χ4v) is 2.90. The van der Waals surface area contributed by atoms with Crippen LogP contribution in [0.4, 0.5) is 0 Å². The largest absolute Gasteiger partial charge is 0.493 e. The molecule has 1 aromatic carbocycles. The lowest BCUT2D eigenvalue weighted by Crippen LogP contribution is -2.36. The van der Waals surface area contributed by atoms with Crippen molar-refractivity contribution in [2.45, 2.75) is 39.3 Å². The van der Waals surface area contributed by atoms with E-state index in [1.807, 2.05) is 26.0 Å². The van der Waals surface area contributed by atoms with E-state index in [2.05, 4.69) is 11.0 Å². The number of nitrogens with zero attached hydrogens (tertiary/aromatic N) is 1. The molecule has 0 saturated carbocycles. The number of aliphatic hydroxyl groups excluding tert-OH is 1. The van der Waals surface area contributed by atoms with Gasteiger partial charge in [-0.25, -0.2) is 0 Å². The van der Waals surface area contributed by atoms with Gasteiger partial charge < -0.3 is 14.6 Å². The van der Waals surface area contributed by atoms with Crippen molar-refractivity contribution in [2.75, 3.05) is 26.8 Å². The zero-order valence-electron chi connectivity index (χ0n) is 13.3. The van der Waals surface area contributed by atoms with E-state index in [4.69, 9.17) is 9.47 Å². The van der Waals surface area contributed by atoms with Gasteiger partial charge >= 0.3 is 0 Å². The molecule has 1 aliphatic rings. The molecule has 1 heterocycles. The summed E-state index contributed by atoms with van der Waals surface area (Å²) in [5, 5.41) is 9.36. The predicted molar refractivity (Wildman–Crippen MR) is 83.8 cm³/mol. The number of para-hydroxylation sites is 1. The standard InChI is InChI=1S/C17H27NO3/c1-13(2)21-17-15(7-4-8-16(17)20-3)11-18-9-5-6-14(10-18)12-19/h4,7-8,13-14,19H,5-6,9-12H2,1-3H3. The molecule has 21 heavy (non-hydrogen) atoms. The minimum atomic E-state index is 0.117. The molecule has 0 spiro atoms. The number of rotatable bonds is 6. The Bertz CT molecular complexity index is 448. The third-order valence-electron chi connectivity index (χ3n) is 3.89. The highest BCUT2D eigenvalue weighted by Crippen LogP contribution is 2.33. The Morgan fingerprint density at radius 1 is 1.38 bits per heavy atom. The summed E-state index contributed by atoms with van der Waals surface area (Å²) in [5.74, 6) is 2.04. The molecule has 1 atom stereocenters. The molecule has 0 amide bonds. The molecule has 0 aromatic heterocycles. The Morgan fingerprint density at radius 3 is 2.86 bits per heavy atom. The van der Waals surface area contributed by atoms with Gasteiger partial charge in [0, 0.05) is 25.3 Å². The van der Waals surface area contributed by atoms with Crippen LogP contribution in [-0.2, 0) is 6.54 Å². The second kappa shape index (κ2) is 7.66. The van der Waals surface area contributed by atoms with E-state index >= 15 is 0 Å². The first kappa shape index (κ1) is 16.1.